The Kier molecular flexibility index (Phi) is 2.47. The molecule has 0 bridgehead atoms. The van der Waals surface area contributed by atoms with Gasteiger partial charge >= 0.3 is 0 Å². The highest BCUT2D eigenvalue weighted by atomic mass is 16.1. The summed E-state index contributed by atoms with van der Waals surface area (Å²) in [5.41, 5.74) is 0.132. The second kappa shape index (κ2) is 3.56. The molecule has 0 atom stereocenters. The van der Waals surface area contributed by atoms with Crippen molar-refractivity contribution >= 4 is 18.0 Å². The highest BCUT2D eigenvalue weighted by molar-refractivity contribution is 5.92. The third-order valence-corrected chi connectivity index (χ3v) is 1.13. The first-order valence-electron chi connectivity index (χ1n) is 3.28. The Morgan fingerprint density at radius 2 is 2.17 bits per heavy atom. The number of carbonyl (C=O) groups excluding carboxylic acids is 2. The third kappa shape index (κ3) is 1.85. The molecule has 1 heterocycles. The van der Waals surface area contributed by atoms with Gasteiger partial charge in [0.05, 0.1) is 0 Å². The van der Waals surface area contributed by atoms with E-state index in [0.717, 1.165) is 0 Å². The maximum atomic E-state index is 10.6. The molecule has 5 nitrogen and oxygen atoms in total. The lowest BCUT2D eigenvalue weighted by atomic mass is 10.4. The monoisotopic (exact) mass is 165 g/mol. The zero-order valence-electron chi connectivity index (χ0n) is 6.44. The average Bonchev–Trinajstić information content (AvgIpc) is 2.04. The molecule has 12 heavy (non-hydrogen) atoms. The average molecular weight is 165 g/mol. The van der Waals surface area contributed by atoms with Gasteiger partial charge in [-0.25, -0.2) is 9.97 Å². The Labute approximate surface area is 68.8 Å². The molecule has 1 amide bonds. The number of aromatic nitrogens is 2. The number of amides is 1. The molecule has 5 heteroatoms. The predicted molar refractivity (Wildman–Crippen MR) is 41.7 cm³/mol. The summed E-state index contributed by atoms with van der Waals surface area (Å²) >= 11 is 0. The van der Waals surface area contributed by atoms with Gasteiger partial charge < -0.3 is 5.32 Å². The van der Waals surface area contributed by atoms with E-state index in [1.165, 1.54) is 19.3 Å². The van der Waals surface area contributed by atoms with E-state index in [1.54, 1.807) is 0 Å². The SMILES string of the molecule is CC(=O)Nc1nccnc1C=O. The second-order valence-electron chi connectivity index (χ2n) is 2.09. The molecule has 0 radical (unpaired) electrons. The van der Waals surface area contributed by atoms with E-state index in [9.17, 15) is 9.59 Å². The van der Waals surface area contributed by atoms with Gasteiger partial charge in [-0.05, 0) is 0 Å². The second-order valence-corrected chi connectivity index (χ2v) is 2.09. The van der Waals surface area contributed by atoms with Gasteiger partial charge in [0.25, 0.3) is 0 Å². The van der Waals surface area contributed by atoms with Gasteiger partial charge in [0, 0.05) is 19.3 Å². The molecule has 0 saturated heterocycles. The van der Waals surface area contributed by atoms with E-state index in [4.69, 9.17) is 0 Å². The van der Waals surface area contributed by atoms with Crippen LogP contribution in [0.4, 0.5) is 5.82 Å². The lowest BCUT2D eigenvalue weighted by Gasteiger charge is -2.00. The van der Waals surface area contributed by atoms with Crippen LogP contribution in [0.25, 0.3) is 0 Å². The predicted octanol–water partition coefficient (Wildman–Crippen LogP) is 0.247. The van der Waals surface area contributed by atoms with E-state index in [1.807, 2.05) is 0 Å². The standard InChI is InChI=1S/C7H7N3O2/c1-5(12)10-7-6(4-11)8-2-3-9-7/h2-4H,1H3,(H,9,10,12). The van der Waals surface area contributed by atoms with E-state index in [-0.39, 0.29) is 17.4 Å². The summed E-state index contributed by atoms with van der Waals surface area (Å²) in [4.78, 5) is 28.4. The molecule has 0 aliphatic rings. The van der Waals surface area contributed by atoms with E-state index >= 15 is 0 Å². The number of rotatable bonds is 2. The molecule has 0 aromatic carbocycles. The minimum Gasteiger partial charge on any atom is -0.309 e. The van der Waals surface area contributed by atoms with Crippen LogP contribution < -0.4 is 5.32 Å². The van der Waals surface area contributed by atoms with Gasteiger partial charge in [-0.3, -0.25) is 9.59 Å². The van der Waals surface area contributed by atoms with E-state index in [0.29, 0.717) is 6.29 Å². The molecule has 0 unspecified atom stereocenters. The van der Waals surface area contributed by atoms with Crippen LogP contribution in [0.5, 0.6) is 0 Å². The topological polar surface area (TPSA) is 72.0 Å². The summed E-state index contributed by atoms with van der Waals surface area (Å²) in [5, 5.41) is 2.38. The van der Waals surface area contributed by atoms with Crippen molar-refractivity contribution in [1.29, 1.82) is 0 Å². The van der Waals surface area contributed by atoms with Gasteiger partial charge in [0.2, 0.25) is 5.91 Å². The number of hydrogen-bond donors (Lipinski definition) is 1. The minimum atomic E-state index is -0.279. The smallest absolute Gasteiger partial charge is 0.222 e. The number of nitrogens with zero attached hydrogens (tertiary/aromatic N) is 2. The van der Waals surface area contributed by atoms with Crippen molar-refractivity contribution in [2.24, 2.45) is 0 Å². The quantitative estimate of drug-likeness (QED) is 0.637. The lowest BCUT2D eigenvalue weighted by molar-refractivity contribution is -0.114. The molecule has 0 fully saturated rings. The van der Waals surface area contributed by atoms with Gasteiger partial charge in [-0.15, -0.1) is 0 Å². The van der Waals surface area contributed by atoms with Crippen LogP contribution in [0.15, 0.2) is 12.4 Å². The first kappa shape index (κ1) is 8.32. The van der Waals surface area contributed by atoms with E-state index in [2.05, 4.69) is 15.3 Å². The lowest BCUT2D eigenvalue weighted by Crippen LogP contribution is -2.10. The molecule has 1 rings (SSSR count). The Morgan fingerprint density at radius 1 is 1.50 bits per heavy atom. The minimum absolute atomic E-state index is 0.132. The molecule has 0 aliphatic heterocycles. The van der Waals surface area contributed by atoms with E-state index < -0.39 is 0 Å². The molecular weight excluding hydrogens is 158 g/mol. The zero-order valence-corrected chi connectivity index (χ0v) is 6.44. The largest absolute Gasteiger partial charge is 0.309 e. The maximum Gasteiger partial charge on any atom is 0.222 e. The fraction of sp³-hybridized carbons (Fsp3) is 0.143. The van der Waals surface area contributed by atoms with Crippen molar-refractivity contribution < 1.29 is 9.59 Å². The maximum absolute atomic E-state index is 10.6. The van der Waals surface area contributed by atoms with Gasteiger partial charge in [-0.1, -0.05) is 0 Å². The summed E-state index contributed by atoms with van der Waals surface area (Å²) in [6.07, 6.45) is 3.32. The van der Waals surface area contributed by atoms with Crippen LogP contribution in [-0.4, -0.2) is 22.2 Å². The van der Waals surface area contributed by atoms with Gasteiger partial charge in [0.15, 0.2) is 12.1 Å². The normalized spacial score (nSPS) is 9.08. The van der Waals surface area contributed by atoms with Crippen LogP contribution in [-0.2, 0) is 4.79 Å². The molecule has 0 spiro atoms. The van der Waals surface area contributed by atoms with Crippen molar-refractivity contribution in [3.63, 3.8) is 0 Å². The van der Waals surface area contributed by atoms with Crippen molar-refractivity contribution in [3.05, 3.63) is 18.1 Å². The molecule has 1 aromatic heterocycles. The molecule has 0 saturated carbocycles. The summed E-state index contributed by atoms with van der Waals surface area (Å²) in [7, 11) is 0. The van der Waals surface area contributed by atoms with Crippen molar-refractivity contribution in [2.75, 3.05) is 5.32 Å². The fourth-order valence-corrected chi connectivity index (χ4v) is 0.698. The number of aldehydes is 1. The number of anilines is 1. The molecular formula is C7H7N3O2. The van der Waals surface area contributed by atoms with Crippen LogP contribution in [0.3, 0.4) is 0 Å². The number of hydrogen-bond acceptors (Lipinski definition) is 4. The first-order valence-corrected chi connectivity index (χ1v) is 3.28. The zero-order chi connectivity index (χ0) is 8.97. The Morgan fingerprint density at radius 3 is 2.75 bits per heavy atom. The van der Waals surface area contributed by atoms with Crippen LogP contribution in [0.1, 0.15) is 17.4 Å². The summed E-state index contributed by atoms with van der Waals surface area (Å²) in [6, 6.07) is 0. The van der Waals surface area contributed by atoms with Crippen molar-refractivity contribution in [2.45, 2.75) is 6.92 Å². The van der Waals surface area contributed by atoms with Crippen molar-refractivity contribution in [3.8, 4) is 0 Å². The summed E-state index contributed by atoms with van der Waals surface area (Å²) in [6.45, 7) is 1.34. The Hall–Kier alpha value is -1.78. The Bertz CT molecular complexity index is 311. The van der Waals surface area contributed by atoms with Gasteiger partial charge in [0.1, 0.15) is 5.69 Å². The van der Waals surface area contributed by atoms with Crippen LogP contribution in [0, 0.1) is 0 Å². The fourth-order valence-electron chi connectivity index (χ4n) is 0.698. The summed E-state index contributed by atoms with van der Waals surface area (Å²) < 4.78 is 0. The molecule has 62 valence electrons. The van der Waals surface area contributed by atoms with Gasteiger partial charge in [-0.2, -0.15) is 0 Å². The first-order chi connectivity index (χ1) is 5.74. The number of nitrogens with one attached hydrogen (secondary N) is 1. The van der Waals surface area contributed by atoms with Crippen LogP contribution >= 0.6 is 0 Å². The highest BCUT2D eigenvalue weighted by Gasteiger charge is 2.03. The third-order valence-electron chi connectivity index (χ3n) is 1.13. The molecule has 1 N–H and O–H groups in total. The highest BCUT2D eigenvalue weighted by Crippen LogP contribution is 2.03. The van der Waals surface area contributed by atoms with Crippen molar-refractivity contribution in [1.82, 2.24) is 9.97 Å². The summed E-state index contributed by atoms with van der Waals surface area (Å²) in [5.74, 6) is -0.0846. The van der Waals surface area contributed by atoms with Crippen LogP contribution in [0.2, 0.25) is 0 Å². The molecule has 0 aliphatic carbocycles. The Balaban J connectivity index is 2.96. The molecule has 1 aromatic rings. The number of carbonyl (C=O) groups is 2.